The molecule has 0 heterocycles. The van der Waals surface area contributed by atoms with Gasteiger partial charge in [-0.3, -0.25) is 0 Å². The third-order valence-corrected chi connectivity index (χ3v) is 3.32. The Hall–Kier alpha value is -0.930. The molecule has 0 aromatic heterocycles. The zero-order chi connectivity index (χ0) is 14.1. The second-order valence-corrected chi connectivity index (χ2v) is 5.65. The van der Waals surface area contributed by atoms with E-state index in [-0.39, 0.29) is 0 Å². The van der Waals surface area contributed by atoms with E-state index in [4.69, 9.17) is 27.9 Å². The number of methoxy groups -OCH3 is 1. The summed E-state index contributed by atoms with van der Waals surface area (Å²) in [6, 6.07) is 9.64. The molecule has 0 atom stereocenters. The van der Waals surface area contributed by atoms with Crippen molar-refractivity contribution in [2.45, 2.75) is 30.0 Å². The predicted octanol–water partition coefficient (Wildman–Crippen LogP) is 3.97. The number of benzene rings is 1. The number of hydrogen-bond donors (Lipinski definition) is 0. The number of hydrogen-bond acceptors (Lipinski definition) is 3. The molecule has 0 radical (unpaired) electrons. The van der Waals surface area contributed by atoms with Crippen LogP contribution in [0.4, 0.5) is 0 Å². The highest BCUT2D eigenvalue weighted by molar-refractivity contribution is 6.57. The largest absolute Gasteiger partial charge is 0.494 e. The number of rotatable bonds is 8. The summed E-state index contributed by atoms with van der Waals surface area (Å²) in [7, 11) is 1.27. The van der Waals surface area contributed by atoms with Gasteiger partial charge < -0.3 is 9.47 Å². The fourth-order valence-electron chi connectivity index (χ4n) is 1.58. The van der Waals surface area contributed by atoms with Crippen LogP contribution in [0.15, 0.2) is 30.3 Å². The minimum Gasteiger partial charge on any atom is -0.494 e. The first kappa shape index (κ1) is 16.1. The highest BCUT2D eigenvalue weighted by Gasteiger charge is 2.33. The molecular weight excluding hydrogens is 287 g/mol. The van der Waals surface area contributed by atoms with E-state index in [1.165, 1.54) is 7.11 Å². The molecule has 0 amide bonds. The lowest BCUT2D eigenvalue weighted by molar-refractivity contribution is -0.141. The third-order valence-electron chi connectivity index (χ3n) is 2.63. The molecule has 0 saturated heterocycles. The van der Waals surface area contributed by atoms with Gasteiger partial charge in [0.05, 0.1) is 13.7 Å². The molecular formula is C14H18Cl2O3. The quantitative estimate of drug-likeness (QED) is 0.414. The van der Waals surface area contributed by atoms with E-state index in [0.717, 1.165) is 25.0 Å². The molecule has 0 saturated carbocycles. The van der Waals surface area contributed by atoms with Crippen molar-refractivity contribution in [1.29, 1.82) is 0 Å². The standard InChI is InChI=1S/C14H18Cl2O3/c1-18-13(17)14(15,16)10-6-3-7-11-19-12-8-4-2-5-9-12/h2,4-5,8-9H,3,6-7,10-11H2,1H3. The number of alkyl halides is 2. The second-order valence-electron chi connectivity index (χ2n) is 4.17. The van der Waals surface area contributed by atoms with Gasteiger partial charge in [0.25, 0.3) is 0 Å². The monoisotopic (exact) mass is 304 g/mol. The topological polar surface area (TPSA) is 35.5 Å². The molecule has 0 unspecified atom stereocenters. The van der Waals surface area contributed by atoms with Crippen LogP contribution in [0.1, 0.15) is 25.7 Å². The van der Waals surface area contributed by atoms with Gasteiger partial charge in [0, 0.05) is 0 Å². The molecule has 1 aromatic carbocycles. The Morgan fingerprint density at radius 1 is 1.16 bits per heavy atom. The van der Waals surface area contributed by atoms with Gasteiger partial charge in [0.2, 0.25) is 4.33 Å². The lowest BCUT2D eigenvalue weighted by atomic mass is 10.1. The van der Waals surface area contributed by atoms with Gasteiger partial charge in [-0.1, -0.05) is 41.4 Å². The van der Waals surface area contributed by atoms with Crippen molar-refractivity contribution in [1.82, 2.24) is 0 Å². The van der Waals surface area contributed by atoms with Gasteiger partial charge >= 0.3 is 5.97 Å². The molecule has 0 N–H and O–H groups in total. The number of halogens is 2. The fourth-order valence-corrected chi connectivity index (χ4v) is 2.01. The molecule has 3 nitrogen and oxygen atoms in total. The summed E-state index contributed by atoms with van der Waals surface area (Å²) in [6.45, 7) is 0.639. The second kappa shape index (κ2) is 8.28. The van der Waals surface area contributed by atoms with Crippen LogP contribution in [-0.4, -0.2) is 24.0 Å². The molecule has 0 aliphatic rings. The molecule has 1 aromatic rings. The maximum atomic E-state index is 11.2. The van der Waals surface area contributed by atoms with Gasteiger partial charge in [0.1, 0.15) is 5.75 Å². The highest BCUT2D eigenvalue weighted by Crippen LogP contribution is 2.29. The minimum atomic E-state index is -1.44. The normalized spacial score (nSPS) is 11.1. The van der Waals surface area contributed by atoms with E-state index in [2.05, 4.69) is 4.74 Å². The van der Waals surface area contributed by atoms with E-state index >= 15 is 0 Å². The molecule has 0 bridgehead atoms. The molecule has 0 fully saturated rings. The van der Waals surface area contributed by atoms with E-state index in [0.29, 0.717) is 13.0 Å². The SMILES string of the molecule is COC(=O)C(Cl)(Cl)CCCCCOc1ccccc1. The summed E-state index contributed by atoms with van der Waals surface area (Å²) in [5, 5.41) is 0. The Kier molecular flexibility index (Phi) is 7.03. The van der Waals surface area contributed by atoms with E-state index in [1.54, 1.807) is 0 Å². The summed E-state index contributed by atoms with van der Waals surface area (Å²) in [4.78, 5) is 11.2. The van der Waals surface area contributed by atoms with Gasteiger partial charge in [-0.15, -0.1) is 0 Å². The van der Waals surface area contributed by atoms with Crippen molar-refractivity contribution < 1.29 is 14.3 Å². The first-order valence-corrected chi connectivity index (χ1v) is 6.96. The van der Waals surface area contributed by atoms with Crippen LogP contribution in [0.3, 0.4) is 0 Å². The summed E-state index contributed by atoms with van der Waals surface area (Å²) in [6.07, 6.45) is 2.92. The van der Waals surface area contributed by atoms with Gasteiger partial charge in [-0.2, -0.15) is 0 Å². The average molecular weight is 305 g/mol. The summed E-state index contributed by atoms with van der Waals surface area (Å²) in [5.74, 6) is 0.262. The number of carbonyl (C=O) groups excluding carboxylic acids is 1. The molecule has 19 heavy (non-hydrogen) atoms. The van der Waals surface area contributed by atoms with Crippen molar-refractivity contribution in [3.05, 3.63) is 30.3 Å². The first-order valence-electron chi connectivity index (χ1n) is 6.20. The Morgan fingerprint density at radius 2 is 1.84 bits per heavy atom. The molecule has 106 valence electrons. The van der Waals surface area contributed by atoms with E-state index in [9.17, 15) is 4.79 Å². The summed E-state index contributed by atoms with van der Waals surface area (Å²) in [5.41, 5.74) is 0. The van der Waals surface area contributed by atoms with Crippen LogP contribution in [0.5, 0.6) is 5.75 Å². The third kappa shape index (κ3) is 6.17. The predicted molar refractivity (Wildman–Crippen MR) is 76.9 cm³/mol. The number of carbonyl (C=O) groups is 1. The van der Waals surface area contributed by atoms with Crippen LogP contribution in [0, 0.1) is 0 Å². The van der Waals surface area contributed by atoms with Crippen LogP contribution in [-0.2, 0) is 9.53 Å². The van der Waals surface area contributed by atoms with Gasteiger partial charge in [-0.25, -0.2) is 4.79 Å². The average Bonchev–Trinajstić information content (AvgIpc) is 2.42. The zero-order valence-electron chi connectivity index (χ0n) is 10.9. The zero-order valence-corrected chi connectivity index (χ0v) is 12.4. The number of unbranched alkanes of at least 4 members (excludes halogenated alkanes) is 2. The Labute approximate surface area is 123 Å². The maximum Gasteiger partial charge on any atom is 0.342 e. The minimum absolute atomic E-state index is 0.383. The van der Waals surface area contributed by atoms with E-state index in [1.807, 2.05) is 30.3 Å². The summed E-state index contributed by atoms with van der Waals surface area (Å²) >= 11 is 11.7. The van der Waals surface area contributed by atoms with Crippen LogP contribution in [0.2, 0.25) is 0 Å². The van der Waals surface area contributed by atoms with Crippen molar-refractivity contribution >= 4 is 29.2 Å². The molecule has 0 spiro atoms. The first-order chi connectivity index (χ1) is 9.06. The fraction of sp³-hybridized carbons (Fsp3) is 0.500. The van der Waals surface area contributed by atoms with Crippen LogP contribution >= 0.6 is 23.2 Å². The maximum absolute atomic E-state index is 11.2. The molecule has 0 aliphatic heterocycles. The Morgan fingerprint density at radius 3 is 2.47 bits per heavy atom. The Balaban J connectivity index is 2.10. The van der Waals surface area contributed by atoms with Crippen LogP contribution < -0.4 is 4.74 Å². The van der Waals surface area contributed by atoms with Crippen molar-refractivity contribution in [2.75, 3.05) is 13.7 Å². The lowest BCUT2D eigenvalue weighted by Crippen LogP contribution is -2.27. The van der Waals surface area contributed by atoms with Crippen molar-refractivity contribution in [3.63, 3.8) is 0 Å². The molecule has 5 heteroatoms. The van der Waals surface area contributed by atoms with Gasteiger partial charge in [0.15, 0.2) is 0 Å². The lowest BCUT2D eigenvalue weighted by Gasteiger charge is -2.16. The molecule has 0 aliphatic carbocycles. The summed E-state index contributed by atoms with van der Waals surface area (Å²) < 4.78 is 8.64. The van der Waals surface area contributed by atoms with Gasteiger partial charge in [-0.05, 0) is 37.8 Å². The molecule has 1 rings (SSSR count). The number of ether oxygens (including phenoxy) is 2. The number of para-hydroxylation sites is 1. The van der Waals surface area contributed by atoms with Crippen LogP contribution in [0.25, 0.3) is 0 Å². The Bertz CT molecular complexity index is 380. The van der Waals surface area contributed by atoms with E-state index < -0.39 is 10.3 Å². The highest BCUT2D eigenvalue weighted by atomic mass is 35.5. The number of esters is 1. The smallest absolute Gasteiger partial charge is 0.342 e. The van der Waals surface area contributed by atoms with Crippen molar-refractivity contribution in [3.8, 4) is 5.75 Å². The van der Waals surface area contributed by atoms with Crippen molar-refractivity contribution in [2.24, 2.45) is 0 Å².